The minimum Gasteiger partial charge on any atom is -0.330 e. The van der Waals surface area contributed by atoms with Crippen LogP contribution in [-0.2, 0) is 27.9 Å². The topological polar surface area (TPSA) is 108 Å². The van der Waals surface area contributed by atoms with E-state index in [2.05, 4.69) is 15.0 Å². The summed E-state index contributed by atoms with van der Waals surface area (Å²) in [7, 11) is -3.73. The van der Waals surface area contributed by atoms with Gasteiger partial charge in [-0.05, 0) is 66.9 Å². The second kappa shape index (κ2) is 10.1. The van der Waals surface area contributed by atoms with Gasteiger partial charge < -0.3 is 10.2 Å². The Kier molecular flexibility index (Phi) is 7.04. The first kappa shape index (κ1) is 23.6. The molecule has 4 rings (SSSR count). The van der Waals surface area contributed by atoms with Gasteiger partial charge in [0, 0.05) is 37.0 Å². The molecule has 0 spiro atoms. The van der Waals surface area contributed by atoms with E-state index in [1.807, 2.05) is 23.1 Å². The normalized spacial score (nSPS) is 13.3. The van der Waals surface area contributed by atoms with Gasteiger partial charge in [-0.15, -0.1) is 0 Å². The Morgan fingerprint density at radius 2 is 1.71 bits per heavy atom. The van der Waals surface area contributed by atoms with Crippen LogP contribution in [0.3, 0.4) is 0 Å². The highest BCUT2D eigenvalue weighted by atomic mass is 32.2. The first-order chi connectivity index (χ1) is 16.3. The highest BCUT2D eigenvalue weighted by Crippen LogP contribution is 2.29. The number of nitrogens with zero attached hydrogens (tertiary/aromatic N) is 2. The van der Waals surface area contributed by atoms with E-state index in [1.165, 1.54) is 31.2 Å². The third-order valence-corrected chi connectivity index (χ3v) is 6.88. The van der Waals surface area contributed by atoms with Crippen LogP contribution in [0.15, 0.2) is 77.8 Å². The summed E-state index contributed by atoms with van der Waals surface area (Å²) in [5, 5.41) is 2.60. The number of rotatable bonds is 9. The summed E-state index contributed by atoms with van der Waals surface area (Å²) in [5.74, 6) is -0.285. The van der Waals surface area contributed by atoms with E-state index in [1.54, 1.807) is 30.5 Å². The molecule has 0 bridgehead atoms. The molecule has 1 fully saturated rings. The van der Waals surface area contributed by atoms with Crippen molar-refractivity contribution in [2.75, 3.05) is 5.32 Å². The van der Waals surface area contributed by atoms with Crippen LogP contribution >= 0.6 is 0 Å². The van der Waals surface area contributed by atoms with Crippen LogP contribution in [0.1, 0.15) is 41.4 Å². The van der Waals surface area contributed by atoms with Gasteiger partial charge in [0.1, 0.15) is 0 Å². The van der Waals surface area contributed by atoms with Crippen LogP contribution in [0.5, 0.6) is 0 Å². The van der Waals surface area contributed by atoms with Gasteiger partial charge in [0.15, 0.2) is 0 Å². The summed E-state index contributed by atoms with van der Waals surface area (Å²) in [5.41, 5.74) is 2.66. The van der Waals surface area contributed by atoms with E-state index in [4.69, 9.17) is 0 Å². The molecule has 34 heavy (non-hydrogen) atoms. The molecule has 8 nitrogen and oxygen atoms in total. The summed E-state index contributed by atoms with van der Waals surface area (Å²) < 4.78 is 27.8. The number of carbonyl (C=O) groups is 2. The maximum absolute atomic E-state index is 13.1. The number of anilines is 1. The predicted molar refractivity (Wildman–Crippen MR) is 128 cm³/mol. The summed E-state index contributed by atoms with van der Waals surface area (Å²) in [6, 6.07) is 18.8. The molecule has 3 aromatic rings. The summed E-state index contributed by atoms with van der Waals surface area (Å²) in [6.45, 7) is 1.94. The SMILES string of the molecule is CC(=O)Nc1ccc(S(=O)(=O)NCc2ccc(C(=O)N(Cc3ccccn3)C3CC3)cc2)cc1. The van der Waals surface area contributed by atoms with Crippen molar-refractivity contribution in [3.05, 3.63) is 89.7 Å². The number of hydrogen-bond acceptors (Lipinski definition) is 5. The van der Waals surface area contributed by atoms with Crippen LogP contribution in [0.25, 0.3) is 0 Å². The van der Waals surface area contributed by atoms with E-state index in [0.29, 0.717) is 17.8 Å². The zero-order chi connectivity index (χ0) is 24.1. The molecule has 1 saturated carbocycles. The quantitative estimate of drug-likeness (QED) is 0.490. The van der Waals surface area contributed by atoms with Crippen molar-refractivity contribution in [2.24, 2.45) is 0 Å². The minimum absolute atomic E-state index is 0.0560. The summed E-state index contributed by atoms with van der Waals surface area (Å²) in [4.78, 5) is 30.5. The third kappa shape index (κ3) is 6.06. The Labute approximate surface area is 199 Å². The summed E-state index contributed by atoms with van der Waals surface area (Å²) in [6.07, 6.45) is 3.70. The Morgan fingerprint density at radius 1 is 1.00 bits per heavy atom. The highest BCUT2D eigenvalue weighted by molar-refractivity contribution is 7.89. The highest BCUT2D eigenvalue weighted by Gasteiger charge is 2.33. The van der Waals surface area contributed by atoms with Gasteiger partial charge in [0.2, 0.25) is 15.9 Å². The van der Waals surface area contributed by atoms with Crippen molar-refractivity contribution in [1.29, 1.82) is 0 Å². The number of carbonyl (C=O) groups excluding carboxylic acids is 2. The average molecular weight is 479 g/mol. The van der Waals surface area contributed by atoms with Gasteiger partial charge in [-0.3, -0.25) is 14.6 Å². The zero-order valence-electron chi connectivity index (χ0n) is 18.8. The first-order valence-corrected chi connectivity index (χ1v) is 12.5. The molecule has 2 N–H and O–H groups in total. The fourth-order valence-electron chi connectivity index (χ4n) is 3.53. The maximum atomic E-state index is 13.1. The minimum atomic E-state index is -3.73. The second-order valence-electron chi connectivity index (χ2n) is 8.21. The molecular formula is C25H26N4O4S. The molecule has 2 amide bonds. The fourth-order valence-corrected chi connectivity index (χ4v) is 4.55. The molecule has 1 aliphatic rings. The molecule has 0 unspecified atom stereocenters. The lowest BCUT2D eigenvalue weighted by atomic mass is 10.1. The van der Waals surface area contributed by atoms with Gasteiger partial charge in [-0.2, -0.15) is 0 Å². The number of aromatic nitrogens is 1. The molecule has 0 aliphatic heterocycles. The van der Waals surface area contributed by atoms with Gasteiger partial charge in [0.05, 0.1) is 17.1 Å². The molecular weight excluding hydrogens is 452 g/mol. The van der Waals surface area contributed by atoms with E-state index in [-0.39, 0.29) is 29.3 Å². The lowest BCUT2D eigenvalue weighted by Gasteiger charge is -2.22. The van der Waals surface area contributed by atoms with E-state index >= 15 is 0 Å². The number of sulfonamides is 1. The van der Waals surface area contributed by atoms with Crippen LogP contribution in [-0.4, -0.2) is 36.2 Å². The Hall–Kier alpha value is -3.56. The predicted octanol–water partition coefficient (Wildman–Crippen LogP) is 3.32. The van der Waals surface area contributed by atoms with Gasteiger partial charge in [-0.1, -0.05) is 18.2 Å². The van der Waals surface area contributed by atoms with Crippen molar-refractivity contribution in [3.8, 4) is 0 Å². The van der Waals surface area contributed by atoms with Crippen molar-refractivity contribution >= 4 is 27.5 Å². The van der Waals surface area contributed by atoms with Crippen molar-refractivity contribution < 1.29 is 18.0 Å². The maximum Gasteiger partial charge on any atom is 0.254 e. The average Bonchev–Trinajstić information content (AvgIpc) is 3.67. The molecule has 1 aliphatic carbocycles. The van der Waals surface area contributed by atoms with Gasteiger partial charge in [0.25, 0.3) is 5.91 Å². The van der Waals surface area contributed by atoms with Gasteiger partial charge in [-0.25, -0.2) is 13.1 Å². The Morgan fingerprint density at radius 3 is 2.29 bits per heavy atom. The van der Waals surface area contributed by atoms with Crippen LogP contribution in [0, 0.1) is 0 Å². The van der Waals surface area contributed by atoms with Gasteiger partial charge >= 0.3 is 0 Å². The Balaban J connectivity index is 1.38. The van der Waals surface area contributed by atoms with Crippen LogP contribution < -0.4 is 10.0 Å². The lowest BCUT2D eigenvalue weighted by molar-refractivity contribution is -0.114. The van der Waals surface area contributed by atoms with Crippen molar-refractivity contribution in [1.82, 2.24) is 14.6 Å². The van der Waals surface area contributed by atoms with E-state index in [9.17, 15) is 18.0 Å². The Bertz CT molecular complexity index is 1260. The first-order valence-electron chi connectivity index (χ1n) is 11.0. The number of amides is 2. The smallest absolute Gasteiger partial charge is 0.254 e. The largest absolute Gasteiger partial charge is 0.330 e. The number of pyridine rings is 1. The van der Waals surface area contributed by atoms with Crippen LogP contribution in [0.2, 0.25) is 0 Å². The van der Waals surface area contributed by atoms with Crippen molar-refractivity contribution in [2.45, 2.75) is 43.8 Å². The molecule has 0 atom stereocenters. The molecule has 0 saturated heterocycles. The number of benzene rings is 2. The summed E-state index contributed by atoms with van der Waals surface area (Å²) >= 11 is 0. The zero-order valence-corrected chi connectivity index (χ0v) is 19.6. The lowest BCUT2D eigenvalue weighted by Crippen LogP contribution is -2.33. The molecule has 1 heterocycles. The molecule has 1 aromatic heterocycles. The van der Waals surface area contributed by atoms with E-state index in [0.717, 1.165) is 24.1 Å². The molecule has 0 radical (unpaired) electrons. The fraction of sp³-hybridized carbons (Fsp3) is 0.240. The number of nitrogens with one attached hydrogen (secondary N) is 2. The molecule has 176 valence electrons. The number of hydrogen-bond donors (Lipinski definition) is 2. The van der Waals surface area contributed by atoms with Crippen molar-refractivity contribution in [3.63, 3.8) is 0 Å². The third-order valence-electron chi connectivity index (χ3n) is 5.46. The standard InChI is InChI=1S/C25H26N4O4S/c1-18(30)28-21-9-13-24(14-10-21)34(32,33)27-16-19-5-7-20(8-6-19)25(31)29(23-11-12-23)17-22-4-2-3-15-26-22/h2-10,13-15,23,27H,11-12,16-17H2,1H3,(H,28,30). The van der Waals surface area contributed by atoms with Crippen LogP contribution in [0.4, 0.5) is 5.69 Å². The second-order valence-corrected chi connectivity index (χ2v) is 9.98. The van der Waals surface area contributed by atoms with E-state index < -0.39 is 10.0 Å². The molecule has 2 aromatic carbocycles. The molecule has 9 heteroatoms. The monoisotopic (exact) mass is 478 g/mol.